The molecule has 0 unspecified atom stereocenters. The molecule has 3 heterocycles. The van der Waals surface area contributed by atoms with Crippen molar-refractivity contribution < 1.29 is 9.53 Å². The maximum absolute atomic E-state index is 11.3. The van der Waals surface area contributed by atoms with Crippen LogP contribution in [0.5, 0.6) is 5.75 Å². The average molecular weight is 409 g/mol. The van der Waals surface area contributed by atoms with E-state index in [0.717, 1.165) is 50.1 Å². The Morgan fingerprint density at radius 1 is 1.20 bits per heavy atom. The topological polar surface area (TPSA) is 58.6 Å². The van der Waals surface area contributed by atoms with Gasteiger partial charge in [0.25, 0.3) is 0 Å². The second kappa shape index (κ2) is 8.25. The van der Waals surface area contributed by atoms with Crippen molar-refractivity contribution in [2.75, 3.05) is 36.0 Å². The molecule has 2 saturated heterocycles. The molecule has 30 heavy (non-hydrogen) atoms. The molecule has 2 aromatic rings. The highest BCUT2D eigenvalue weighted by atomic mass is 16.5. The summed E-state index contributed by atoms with van der Waals surface area (Å²) in [6.45, 7) is 12.0. The number of Topliss-reactive ketones (excluding diaryl/α,β-unsaturated/α-hetero) is 1. The highest BCUT2D eigenvalue weighted by molar-refractivity contribution is 5.76. The normalized spacial score (nSPS) is 21.3. The van der Waals surface area contributed by atoms with Gasteiger partial charge in [0.1, 0.15) is 23.5 Å². The second-order valence-electron chi connectivity index (χ2n) is 9.59. The van der Waals surface area contributed by atoms with Crippen molar-refractivity contribution in [3.05, 3.63) is 42.1 Å². The first-order chi connectivity index (χ1) is 14.3. The predicted octanol–water partition coefficient (Wildman–Crippen LogP) is 4.06. The van der Waals surface area contributed by atoms with Crippen LogP contribution in [0.1, 0.15) is 52.0 Å². The van der Waals surface area contributed by atoms with E-state index in [4.69, 9.17) is 9.72 Å². The Balaban J connectivity index is 1.33. The zero-order valence-electron chi connectivity index (χ0n) is 18.5. The number of carbonyl (C=O) groups excluding carboxylic acids is 1. The zero-order chi connectivity index (χ0) is 21.3. The molecular formula is C24H32N4O2. The lowest BCUT2D eigenvalue weighted by molar-refractivity contribution is -0.117. The fourth-order valence-electron chi connectivity index (χ4n) is 4.45. The number of nitrogens with zero attached hydrogens (tertiary/aromatic N) is 4. The molecule has 6 nitrogen and oxygen atoms in total. The number of rotatable bonds is 7. The first-order valence-electron chi connectivity index (χ1n) is 10.9. The summed E-state index contributed by atoms with van der Waals surface area (Å²) in [5, 5.41) is 0. The molecule has 0 N–H and O–H groups in total. The van der Waals surface area contributed by atoms with E-state index in [-0.39, 0.29) is 17.8 Å². The summed E-state index contributed by atoms with van der Waals surface area (Å²) in [6, 6.07) is 10.2. The molecule has 2 aliphatic rings. The fraction of sp³-hybridized carbons (Fsp3) is 0.542. The van der Waals surface area contributed by atoms with Gasteiger partial charge in [0.15, 0.2) is 0 Å². The largest absolute Gasteiger partial charge is 0.489 e. The van der Waals surface area contributed by atoms with Crippen LogP contribution in [-0.4, -0.2) is 48.0 Å². The number of anilines is 2. The van der Waals surface area contributed by atoms with Gasteiger partial charge in [-0.05, 0) is 42.0 Å². The van der Waals surface area contributed by atoms with Crippen LogP contribution in [0.2, 0.25) is 0 Å². The summed E-state index contributed by atoms with van der Waals surface area (Å²) in [5.41, 5.74) is 1.53. The summed E-state index contributed by atoms with van der Waals surface area (Å²) in [6.07, 6.45) is 3.55. The maximum Gasteiger partial charge on any atom is 0.227 e. The summed E-state index contributed by atoms with van der Waals surface area (Å²) in [5.74, 6) is 3.14. The molecule has 2 fully saturated rings. The highest BCUT2D eigenvalue weighted by Gasteiger charge is 2.36. The molecule has 0 spiro atoms. The van der Waals surface area contributed by atoms with E-state index in [0.29, 0.717) is 11.8 Å². The van der Waals surface area contributed by atoms with Crippen LogP contribution in [0.15, 0.2) is 36.5 Å². The van der Waals surface area contributed by atoms with Crippen molar-refractivity contribution in [1.82, 2.24) is 9.97 Å². The first-order valence-corrected chi connectivity index (χ1v) is 10.9. The molecule has 160 valence electrons. The molecule has 1 aromatic heterocycles. The number of benzene rings is 1. The van der Waals surface area contributed by atoms with E-state index in [2.05, 4.69) is 47.7 Å². The van der Waals surface area contributed by atoms with E-state index in [1.54, 1.807) is 6.92 Å². The molecule has 6 heteroatoms. The lowest BCUT2D eigenvalue weighted by Gasteiger charge is -2.45. The van der Waals surface area contributed by atoms with Crippen molar-refractivity contribution in [2.45, 2.75) is 52.6 Å². The Bertz CT molecular complexity index is 888. The van der Waals surface area contributed by atoms with Gasteiger partial charge in [-0.1, -0.05) is 32.9 Å². The van der Waals surface area contributed by atoms with Gasteiger partial charge in [-0.3, -0.25) is 0 Å². The quantitative estimate of drug-likeness (QED) is 0.689. The van der Waals surface area contributed by atoms with Crippen LogP contribution in [0.4, 0.5) is 11.8 Å². The third-order valence-corrected chi connectivity index (χ3v) is 5.96. The van der Waals surface area contributed by atoms with Gasteiger partial charge in [-0.2, -0.15) is 4.98 Å². The monoisotopic (exact) mass is 408 g/mol. The minimum Gasteiger partial charge on any atom is -0.489 e. The molecule has 0 amide bonds. The van der Waals surface area contributed by atoms with Crippen LogP contribution in [0, 0.1) is 5.41 Å². The zero-order valence-corrected chi connectivity index (χ0v) is 18.5. The Morgan fingerprint density at radius 3 is 2.60 bits per heavy atom. The Kier molecular flexibility index (Phi) is 5.67. The van der Waals surface area contributed by atoms with Gasteiger partial charge in [0.05, 0.1) is 6.54 Å². The summed E-state index contributed by atoms with van der Waals surface area (Å²) < 4.78 is 6.22. The van der Waals surface area contributed by atoms with Crippen LogP contribution in [-0.2, 0) is 4.79 Å². The minimum absolute atomic E-state index is 0.145. The number of aromatic nitrogens is 2. The average Bonchev–Trinajstić information content (AvgIpc) is 3.15. The van der Waals surface area contributed by atoms with Crippen LogP contribution in [0.25, 0.3) is 0 Å². The lowest BCUT2D eigenvalue weighted by Crippen LogP contribution is -2.53. The standard InChI is InChI=1S/C24H32N4O2/c1-17(13-18(2)29)19-5-7-20(8-6-19)30-21-10-12-27(14-21)22-9-11-25-23(26-22)28-15-24(3,4)16-28/h5-9,11,17,21H,10,12-16H2,1-4H3/t17-,21-/m1/s1. The fourth-order valence-corrected chi connectivity index (χ4v) is 4.45. The van der Waals surface area contributed by atoms with Crippen molar-refractivity contribution in [3.63, 3.8) is 0 Å². The molecule has 0 bridgehead atoms. The Hall–Kier alpha value is -2.63. The van der Waals surface area contributed by atoms with E-state index >= 15 is 0 Å². The maximum atomic E-state index is 11.3. The molecule has 2 aliphatic heterocycles. The van der Waals surface area contributed by atoms with E-state index < -0.39 is 0 Å². The first kappa shape index (κ1) is 20.6. The SMILES string of the molecule is CC(=O)C[C@@H](C)c1ccc(O[C@@H]2CCN(c3ccnc(N4CC(C)(C)C4)n3)C2)cc1. The third-order valence-electron chi connectivity index (χ3n) is 5.96. The third kappa shape index (κ3) is 4.74. The van der Waals surface area contributed by atoms with Gasteiger partial charge in [-0.25, -0.2) is 4.98 Å². The number of carbonyl (C=O) groups is 1. The molecule has 2 atom stereocenters. The van der Waals surface area contributed by atoms with E-state index in [1.165, 1.54) is 5.56 Å². The lowest BCUT2D eigenvalue weighted by atomic mass is 9.85. The number of ketones is 1. The van der Waals surface area contributed by atoms with Gasteiger partial charge < -0.3 is 19.3 Å². The summed E-state index contributed by atoms with van der Waals surface area (Å²) in [7, 11) is 0. The highest BCUT2D eigenvalue weighted by Crippen LogP contribution is 2.32. The molecule has 1 aromatic carbocycles. The van der Waals surface area contributed by atoms with Crippen molar-refractivity contribution in [1.29, 1.82) is 0 Å². The van der Waals surface area contributed by atoms with Crippen LogP contribution >= 0.6 is 0 Å². The van der Waals surface area contributed by atoms with Gasteiger partial charge in [0, 0.05) is 38.7 Å². The van der Waals surface area contributed by atoms with E-state index in [1.807, 2.05) is 24.4 Å². The minimum atomic E-state index is 0.145. The Labute approximate surface area is 179 Å². The molecule has 0 radical (unpaired) electrons. The van der Waals surface area contributed by atoms with Crippen LogP contribution < -0.4 is 14.5 Å². The molecule has 0 saturated carbocycles. The Morgan fingerprint density at radius 2 is 1.93 bits per heavy atom. The summed E-state index contributed by atoms with van der Waals surface area (Å²) in [4.78, 5) is 25.1. The van der Waals surface area contributed by atoms with Crippen LogP contribution in [0.3, 0.4) is 0 Å². The molecule has 0 aliphatic carbocycles. The second-order valence-corrected chi connectivity index (χ2v) is 9.59. The molecule has 4 rings (SSSR count). The van der Waals surface area contributed by atoms with Gasteiger partial charge in [0.2, 0.25) is 5.95 Å². The van der Waals surface area contributed by atoms with Gasteiger partial charge >= 0.3 is 0 Å². The van der Waals surface area contributed by atoms with Crippen molar-refractivity contribution in [3.8, 4) is 5.75 Å². The predicted molar refractivity (Wildman–Crippen MR) is 119 cm³/mol. The number of ether oxygens (including phenoxy) is 1. The van der Waals surface area contributed by atoms with Crippen molar-refractivity contribution >= 4 is 17.5 Å². The van der Waals surface area contributed by atoms with Crippen molar-refractivity contribution in [2.24, 2.45) is 5.41 Å². The van der Waals surface area contributed by atoms with Gasteiger partial charge in [-0.15, -0.1) is 0 Å². The molecular weight excluding hydrogens is 376 g/mol. The summed E-state index contributed by atoms with van der Waals surface area (Å²) >= 11 is 0. The number of hydrogen-bond acceptors (Lipinski definition) is 6. The smallest absolute Gasteiger partial charge is 0.227 e. The number of hydrogen-bond donors (Lipinski definition) is 0. The van der Waals surface area contributed by atoms with E-state index in [9.17, 15) is 4.79 Å².